The summed E-state index contributed by atoms with van der Waals surface area (Å²) in [6.45, 7) is 0.885. The van der Waals surface area contributed by atoms with Crippen molar-refractivity contribution < 1.29 is 14.5 Å². The van der Waals surface area contributed by atoms with Crippen molar-refractivity contribution in [1.29, 1.82) is 0 Å². The Morgan fingerprint density at radius 1 is 1.17 bits per heavy atom. The number of amides is 1. The smallest absolute Gasteiger partial charge is 0.269 e. The van der Waals surface area contributed by atoms with Gasteiger partial charge in [0.1, 0.15) is 0 Å². The first-order valence-electron chi connectivity index (χ1n) is 8.74. The Morgan fingerprint density at radius 2 is 1.90 bits per heavy atom. The van der Waals surface area contributed by atoms with Gasteiger partial charge in [-0.3, -0.25) is 19.5 Å². The Balaban J connectivity index is 1.88. The van der Waals surface area contributed by atoms with E-state index in [9.17, 15) is 14.9 Å². The molecule has 1 amide bonds. The number of methoxy groups -OCH3 is 1. The number of benzene rings is 2. The van der Waals surface area contributed by atoms with Crippen LogP contribution in [-0.4, -0.2) is 51.6 Å². The molecule has 0 bridgehead atoms. The molecule has 0 aliphatic heterocycles. The second kappa shape index (κ2) is 9.80. The lowest BCUT2D eigenvalue weighted by Gasteiger charge is -2.10. The number of nitro groups is 1. The molecule has 0 atom stereocenters. The Bertz CT molecular complexity index is 976. The number of aromatic nitrogens is 3. The van der Waals surface area contributed by atoms with E-state index in [1.165, 1.54) is 23.9 Å². The van der Waals surface area contributed by atoms with E-state index < -0.39 is 4.92 Å². The number of carbonyl (C=O) groups is 1. The minimum atomic E-state index is -0.449. The van der Waals surface area contributed by atoms with Gasteiger partial charge >= 0.3 is 0 Å². The molecular weight excluding hydrogens is 394 g/mol. The van der Waals surface area contributed by atoms with Gasteiger partial charge in [-0.15, -0.1) is 10.2 Å². The predicted molar refractivity (Wildman–Crippen MR) is 109 cm³/mol. The number of carbonyl (C=O) groups excluding carboxylic acids is 1. The number of hydrogen-bond acceptors (Lipinski definition) is 7. The lowest BCUT2D eigenvalue weighted by Crippen LogP contribution is -2.28. The number of nitrogens with one attached hydrogen (secondary N) is 1. The number of nitrogens with zero attached hydrogens (tertiary/aromatic N) is 4. The van der Waals surface area contributed by atoms with Crippen LogP contribution in [0.3, 0.4) is 0 Å². The lowest BCUT2D eigenvalue weighted by molar-refractivity contribution is -0.384. The molecule has 150 valence electrons. The second-order valence-electron chi connectivity index (χ2n) is 5.91. The molecular formula is C19H19N5O4S. The monoisotopic (exact) mass is 413 g/mol. The van der Waals surface area contributed by atoms with Crippen molar-refractivity contribution in [3.63, 3.8) is 0 Å². The molecule has 9 nitrogen and oxygen atoms in total. The number of non-ortho nitro benzene ring substituents is 1. The summed E-state index contributed by atoms with van der Waals surface area (Å²) in [6.07, 6.45) is 0. The summed E-state index contributed by atoms with van der Waals surface area (Å²) in [4.78, 5) is 22.5. The maximum absolute atomic E-state index is 12.0. The van der Waals surface area contributed by atoms with Crippen molar-refractivity contribution in [3.05, 3.63) is 64.7 Å². The van der Waals surface area contributed by atoms with Gasteiger partial charge in [0.15, 0.2) is 11.0 Å². The zero-order valence-corrected chi connectivity index (χ0v) is 16.5. The first-order chi connectivity index (χ1) is 14.1. The van der Waals surface area contributed by atoms with Crippen LogP contribution in [0.4, 0.5) is 5.69 Å². The van der Waals surface area contributed by atoms with E-state index in [4.69, 9.17) is 4.74 Å². The fourth-order valence-electron chi connectivity index (χ4n) is 2.57. The number of nitro benzene ring substituents is 1. The summed E-state index contributed by atoms with van der Waals surface area (Å²) in [6, 6.07) is 15.6. The number of thioether (sulfide) groups is 1. The molecule has 1 aromatic heterocycles. The second-order valence-corrected chi connectivity index (χ2v) is 6.86. The van der Waals surface area contributed by atoms with Crippen molar-refractivity contribution >= 4 is 23.4 Å². The molecule has 0 spiro atoms. The molecule has 0 saturated carbocycles. The summed E-state index contributed by atoms with van der Waals surface area (Å²) in [5.74, 6) is 0.578. The van der Waals surface area contributed by atoms with E-state index in [0.29, 0.717) is 29.7 Å². The van der Waals surface area contributed by atoms with Crippen LogP contribution in [0.2, 0.25) is 0 Å². The van der Waals surface area contributed by atoms with Crippen LogP contribution in [0.25, 0.3) is 17.1 Å². The van der Waals surface area contributed by atoms with Crippen LogP contribution in [0.1, 0.15) is 0 Å². The van der Waals surface area contributed by atoms with Gasteiger partial charge in [-0.25, -0.2) is 0 Å². The summed E-state index contributed by atoms with van der Waals surface area (Å²) >= 11 is 1.26. The number of rotatable bonds is 9. The van der Waals surface area contributed by atoms with Crippen LogP contribution in [0, 0.1) is 10.1 Å². The average Bonchev–Trinajstić information content (AvgIpc) is 3.17. The van der Waals surface area contributed by atoms with Gasteiger partial charge in [-0.1, -0.05) is 30.0 Å². The highest BCUT2D eigenvalue weighted by Crippen LogP contribution is 2.28. The molecule has 1 heterocycles. The third-order valence-electron chi connectivity index (χ3n) is 3.94. The Hall–Kier alpha value is -3.24. The lowest BCUT2D eigenvalue weighted by atomic mass is 10.2. The van der Waals surface area contributed by atoms with Crippen LogP contribution < -0.4 is 5.32 Å². The van der Waals surface area contributed by atoms with Gasteiger partial charge in [0.2, 0.25) is 5.91 Å². The molecule has 0 saturated heterocycles. The number of para-hydroxylation sites is 1. The van der Waals surface area contributed by atoms with Gasteiger partial charge < -0.3 is 10.1 Å². The summed E-state index contributed by atoms with van der Waals surface area (Å²) in [5.41, 5.74) is 1.51. The van der Waals surface area contributed by atoms with Crippen LogP contribution in [0.15, 0.2) is 59.8 Å². The van der Waals surface area contributed by atoms with Crippen molar-refractivity contribution in [2.45, 2.75) is 5.16 Å². The third-order valence-corrected chi connectivity index (χ3v) is 4.87. The normalized spacial score (nSPS) is 10.7. The van der Waals surface area contributed by atoms with Crippen molar-refractivity contribution in [2.75, 3.05) is 26.0 Å². The molecule has 0 fully saturated rings. The van der Waals surface area contributed by atoms with E-state index in [-0.39, 0.29) is 17.3 Å². The van der Waals surface area contributed by atoms with Crippen LogP contribution >= 0.6 is 11.8 Å². The molecule has 0 aliphatic rings. The highest BCUT2D eigenvalue weighted by molar-refractivity contribution is 7.99. The predicted octanol–water partition coefficient (Wildman–Crippen LogP) is 2.70. The fraction of sp³-hybridized carbons (Fsp3) is 0.211. The van der Waals surface area contributed by atoms with E-state index >= 15 is 0 Å². The van der Waals surface area contributed by atoms with E-state index in [1.54, 1.807) is 19.2 Å². The zero-order chi connectivity index (χ0) is 20.6. The van der Waals surface area contributed by atoms with Gasteiger partial charge in [-0.2, -0.15) is 0 Å². The molecule has 0 aliphatic carbocycles. The van der Waals surface area contributed by atoms with Gasteiger partial charge in [0.25, 0.3) is 5.69 Å². The maximum Gasteiger partial charge on any atom is 0.269 e. The highest BCUT2D eigenvalue weighted by atomic mass is 32.2. The summed E-state index contributed by atoms with van der Waals surface area (Å²) in [5, 5.41) is 22.7. The first kappa shape index (κ1) is 20.5. The summed E-state index contributed by atoms with van der Waals surface area (Å²) < 4.78 is 6.74. The third kappa shape index (κ3) is 5.18. The van der Waals surface area contributed by atoms with E-state index in [0.717, 1.165) is 5.69 Å². The zero-order valence-electron chi connectivity index (χ0n) is 15.6. The molecule has 1 N–H and O–H groups in total. The van der Waals surface area contributed by atoms with Crippen molar-refractivity contribution in [1.82, 2.24) is 20.1 Å². The van der Waals surface area contributed by atoms with E-state index in [2.05, 4.69) is 15.5 Å². The Labute approximate surface area is 171 Å². The van der Waals surface area contributed by atoms with Crippen molar-refractivity contribution in [3.8, 4) is 17.1 Å². The standard InChI is InChI=1S/C19H19N5O4S/c1-28-12-11-20-17(25)13-29-19-22-21-18(23(19)15-5-3-2-4-6-15)14-7-9-16(10-8-14)24(26)27/h2-10H,11-13H2,1H3,(H,20,25). The topological polar surface area (TPSA) is 112 Å². The Kier molecular flexibility index (Phi) is 6.93. The Morgan fingerprint density at radius 3 is 2.55 bits per heavy atom. The van der Waals surface area contributed by atoms with Crippen LogP contribution in [-0.2, 0) is 9.53 Å². The number of hydrogen-bond donors (Lipinski definition) is 1. The average molecular weight is 413 g/mol. The molecule has 2 aromatic carbocycles. The minimum Gasteiger partial charge on any atom is -0.383 e. The molecule has 10 heteroatoms. The highest BCUT2D eigenvalue weighted by Gasteiger charge is 2.18. The molecule has 0 radical (unpaired) electrons. The first-order valence-corrected chi connectivity index (χ1v) is 9.73. The largest absolute Gasteiger partial charge is 0.383 e. The molecule has 0 unspecified atom stereocenters. The fourth-order valence-corrected chi connectivity index (χ4v) is 3.35. The maximum atomic E-state index is 12.0. The number of ether oxygens (including phenoxy) is 1. The molecule has 3 rings (SSSR count). The van der Waals surface area contributed by atoms with Gasteiger partial charge in [0, 0.05) is 37.0 Å². The van der Waals surface area contributed by atoms with Crippen LogP contribution in [0.5, 0.6) is 0 Å². The van der Waals surface area contributed by atoms with Crippen molar-refractivity contribution in [2.24, 2.45) is 0 Å². The SMILES string of the molecule is COCCNC(=O)CSc1nnc(-c2ccc([N+](=O)[O-])cc2)n1-c1ccccc1. The van der Waals surface area contributed by atoms with E-state index in [1.807, 2.05) is 34.9 Å². The molecule has 3 aromatic rings. The summed E-state index contributed by atoms with van der Waals surface area (Å²) in [7, 11) is 1.57. The minimum absolute atomic E-state index is 0.00172. The quantitative estimate of drug-likeness (QED) is 0.248. The van der Waals surface area contributed by atoms with Gasteiger partial charge in [-0.05, 0) is 24.3 Å². The molecule has 29 heavy (non-hydrogen) atoms. The van der Waals surface area contributed by atoms with Gasteiger partial charge in [0.05, 0.1) is 17.3 Å².